The summed E-state index contributed by atoms with van der Waals surface area (Å²) in [5.41, 5.74) is 1.66. The second-order valence-electron chi connectivity index (χ2n) is 4.70. The van der Waals surface area contributed by atoms with Crippen molar-refractivity contribution in [2.45, 2.75) is 12.5 Å². The third kappa shape index (κ3) is 3.14. The predicted octanol–water partition coefficient (Wildman–Crippen LogP) is 4.76. The van der Waals surface area contributed by atoms with Crippen LogP contribution < -0.4 is 9.47 Å². The fraction of sp³-hybridized carbons (Fsp3) is 0.200. The number of aliphatic hydroxyl groups excluding tert-OH is 1. The number of ether oxygens (including phenoxy) is 2. The van der Waals surface area contributed by atoms with Gasteiger partial charge < -0.3 is 14.6 Å². The van der Waals surface area contributed by atoms with Gasteiger partial charge in [-0.15, -0.1) is 0 Å². The molecular formula is C15H11BrCl2O3. The van der Waals surface area contributed by atoms with E-state index in [1.807, 2.05) is 12.1 Å². The lowest BCUT2D eigenvalue weighted by atomic mass is 10.0. The molecule has 0 spiro atoms. The average Bonchev–Trinajstić information content (AvgIpc) is 2.92. The lowest BCUT2D eigenvalue weighted by Crippen LogP contribution is -2.02. The van der Waals surface area contributed by atoms with Crippen LogP contribution in [0.4, 0.5) is 0 Å². The first-order valence-electron chi connectivity index (χ1n) is 6.25. The second-order valence-corrected chi connectivity index (χ2v) is 6.37. The van der Waals surface area contributed by atoms with Gasteiger partial charge in [-0.1, -0.05) is 29.3 Å². The van der Waals surface area contributed by atoms with Crippen molar-refractivity contribution in [1.29, 1.82) is 0 Å². The quantitative estimate of drug-likeness (QED) is 0.822. The second kappa shape index (κ2) is 6.05. The largest absolute Gasteiger partial charge is 0.454 e. The molecule has 0 saturated carbocycles. The molecule has 6 heteroatoms. The smallest absolute Gasteiger partial charge is 0.231 e. The number of fused-ring (bicyclic) bond motifs is 1. The molecule has 0 amide bonds. The zero-order chi connectivity index (χ0) is 15.0. The SMILES string of the molecule is OC(Cc1ccc(Cl)c(Cl)c1)c1cc(Br)c2c(c1)OCO2. The molecule has 2 aromatic rings. The Hall–Kier alpha value is -0.940. The number of hydrogen-bond acceptors (Lipinski definition) is 3. The molecule has 1 aliphatic heterocycles. The van der Waals surface area contributed by atoms with E-state index >= 15 is 0 Å². The van der Waals surface area contributed by atoms with Crippen molar-refractivity contribution in [2.75, 3.05) is 6.79 Å². The molecule has 1 atom stereocenters. The van der Waals surface area contributed by atoms with E-state index in [-0.39, 0.29) is 6.79 Å². The molecule has 110 valence electrons. The van der Waals surface area contributed by atoms with E-state index in [4.69, 9.17) is 32.7 Å². The zero-order valence-electron chi connectivity index (χ0n) is 10.8. The van der Waals surface area contributed by atoms with Crippen molar-refractivity contribution in [2.24, 2.45) is 0 Å². The van der Waals surface area contributed by atoms with E-state index in [0.29, 0.717) is 28.0 Å². The molecule has 2 aromatic carbocycles. The van der Waals surface area contributed by atoms with Gasteiger partial charge in [0.1, 0.15) is 0 Å². The summed E-state index contributed by atoms with van der Waals surface area (Å²) in [6.45, 7) is 0.195. The molecule has 0 aliphatic carbocycles. The van der Waals surface area contributed by atoms with Crippen LogP contribution in [0.1, 0.15) is 17.2 Å². The lowest BCUT2D eigenvalue weighted by Gasteiger charge is -2.13. The number of hydrogen-bond donors (Lipinski definition) is 1. The lowest BCUT2D eigenvalue weighted by molar-refractivity contribution is 0.171. The molecule has 3 rings (SSSR count). The topological polar surface area (TPSA) is 38.7 Å². The van der Waals surface area contributed by atoms with Crippen molar-refractivity contribution in [1.82, 2.24) is 0 Å². The van der Waals surface area contributed by atoms with Crippen LogP contribution in [0.5, 0.6) is 11.5 Å². The molecule has 0 bridgehead atoms. The zero-order valence-corrected chi connectivity index (χ0v) is 13.9. The Morgan fingerprint density at radius 3 is 2.71 bits per heavy atom. The number of rotatable bonds is 3. The molecule has 0 fully saturated rings. The van der Waals surface area contributed by atoms with E-state index < -0.39 is 6.10 Å². The standard InChI is InChI=1S/C15H11BrCl2O3/c16-10-5-9(6-14-15(10)21-7-20-14)13(19)4-8-1-2-11(17)12(18)3-8/h1-3,5-6,13,19H,4,7H2. The van der Waals surface area contributed by atoms with Gasteiger partial charge in [0.25, 0.3) is 0 Å². The highest BCUT2D eigenvalue weighted by atomic mass is 79.9. The summed E-state index contributed by atoms with van der Waals surface area (Å²) in [6.07, 6.45) is -0.240. The molecule has 0 aromatic heterocycles. The highest BCUT2D eigenvalue weighted by Crippen LogP contribution is 2.41. The fourth-order valence-corrected chi connectivity index (χ4v) is 3.08. The average molecular weight is 390 g/mol. The van der Waals surface area contributed by atoms with Crippen LogP contribution in [-0.4, -0.2) is 11.9 Å². The van der Waals surface area contributed by atoms with Gasteiger partial charge in [0, 0.05) is 6.42 Å². The molecule has 1 heterocycles. The molecule has 3 nitrogen and oxygen atoms in total. The Bertz CT molecular complexity index is 691. The molecule has 0 saturated heterocycles. The van der Waals surface area contributed by atoms with Gasteiger partial charge in [-0.25, -0.2) is 0 Å². The van der Waals surface area contributed by atoms with Gasteiger partial charge in [-0.2, -0.15) is 0 Å². The van der Waals surface area contributed by atoms with Gasteiger partial charge in [-0.05, 0) is 51.3 Å². The highest BCUT2D eigenvalue weighted by Gasteiger charge is 2.20. The number of aliphatic hydroxyl groups is 1. The first-order chi connectivity index (χ1) is 10.0. The van der Waals surface area contributed by atoms with Crippen LogP contribution in [0.25, 0.3) is 0 Å². The van der Waals surface area contributed by atoms with Crippen molar-refractivity contribution in [3.05, 3.63) is 56.0 Å². The maximum atomic E-state index is 10.4. The van der Waals surface area contributed by atoms with Crippen LogP contribution in [0.15, 0.2) is 34.8 Å². The molecule has 1 unspecified atom stereocenters. The molecular weight excluding hydrogens is 379 g/mol. The van der Waals surface area contributed by atoms with Crippen LogP contribution in [0.2, 0.25) is 10.0 Å². The molecule has 1 N–H and O–H groups in total. The van der Waals surface area contributed by atoms with Crippen molar-refractivity contribution in [3.63, 3.8) is 0 Å². The fourth-order valence-electron chi connectivity index (χ4n) is 2.19. The summed E-state index contributed by atoms with van der Waals surface area (Å²) >= 11 is 15.3. The summed E-state index contributed by atoms with van der Waals surface area (Å²) in [7, 11) is 0. The summed E-state index contributed by atoms with van der Waals surface area (Å²) in [5.74, 6) is 1.30. The van der Waals surface area contributed by atoms with Crippen molar-refractivity contribution < 1.29 is 14.6 Å². The van der Waals surface area contributed by atoms with Gasteiger partial charge in [0.2, 0.25) is 6.79 Å². The Balaban J connectivity index is 1.83. The van der Waals surface area contributed by atoms with E-state index in [2.05, 4.69) is 15.9 Å². The summed E-state index contributed by atoms with van der Waals surface area (Å²) in [6, 6.07) is 8.95. The van der Waals surface area contributed by atoms with Crippen molar-refractivity contribution in [3.8, 4) is 11.5 Å². The molecule has 21 heavy (non-hydrogen) atoms. The third-order valence-electron chi connectivity index (χ3n) is 3.25. The minimum absolute atomic E-state index is 0.195. The maximum Gasteiger partial charge on any atom is 0.231 e. The first kappa shape index (κ1) is 15.0. The Morgan fingerprint density at radius 1 is 1.14 bits per heavy atom. The number of halogens is 3. The Kier molecular flexibility index (Phi) is 4.31. The first-order valence-corrected chi connectivity index (χ1v) is 7.80. The van der Waals surface area contributed by atoms with Crippen LogP contribution in [-0.2, 0) is 6.42 Å². The molecule has 0 radical (unpaired) electrons. The van der Waals surface area contributed by atoms with Crippen molar-refractivity contribution >= 4 is 39.1 Å². The van der Waals surface area contributed by atoms with Gasteiger partial charge in [-0.3, -0.25) is 0 Å². The third-order valence-corrected chi connectivity index (χ3v) is 4.58. The van der Waals surface area contributed by atoms with Gasteiger partial charge in [0.05, 0.1) is 20.6 Å². The Morgan fingerprint density at radius 2 is 1.95 bits per heavy atom. The van der Waals surface area contributed by atoms with E-state index in [1.165, 1.54) is 0 Å². The minimum Gasteiger partial charge on any atom is -0.454 e. The minimum atomic E-state index is -0.673. The highest BCUT2D eigenvalue weighted by molar-refractivity contribution is 9.10. The summed E-state index contributed by atoms with van der Waals surface area (Å²) in [5, 5.41) is 11.4. The monoisotopic (exact) mass is 388 g/mol. The van der Waals surface area contributed by atoms with Crippen LogP contribution >= 0.6 is 39.1 Å². The predicted molar refractivity (Wildman–Crippen MR) is 85.4 cm³/mol. The van der Waals surface area contributed by atoms with E-state index in [9.17, 15) is 5.11 Å². The summed E-state index contributed by atoms with van der Waals surface area (Å²) in [4.78, 5) is 0. The van der Waals surface area contributed by atoms with Gasteiger partial charge in [0.15, 0.2) is 11.5 Å². The number of benzene rings is 2. The van der Waals surface area contributed by atoms with Crippen LogP contribution in [0.3, 0.4) is 0 Å². The Labute approximate surface area is 140 Å². The molecule has 1 aliphatic rings. The van der Waals surface area contributed by atoms with E-state index in [1.54, 1.807) is 18.2 Å². The van der Waals surface area contributed by atoms with Gasteiger partial charge >= 0.3 is 0 Å². The van der Waals surface area contributed by atoms with Crippen LogP contribution in [0, 0.1) is 0 Å². The van der Waals surface area contributed by atoms with E-state index in [0.717, 1.165) is 15.6 Å². The summed E-state index contributed by atoms with van der Waals surface area (Å²) < 4.78 is 11.4. The normalized spacial score (nSPS) is 14.3. The maximum absolute atomic E-state index is 10.4.